The summed E-state index contributed by atoms with van der Waals surface area (Å²) < 4.78 is 5.45. The minimum Gasteiger partial charge on any atom is -0.376 e. The van der Waals surface area contributed by atoms with Crippen molar-refractivity contribution in [1.29, 1.82) is 0 Å². The Bertz CT molecular complexity index is 470. The predicted molar refractivity (Wildman–Crippen MR) is 78.1 cm³/mol. The van der Waals surface area contributed by atoms with Gasteiger partial charge in [-0.3, -0.25) is 4.79 Å². The summed E-state index contributed by atoms with van der Waals surface area (Å²) in [5, 5.41) is 0. The minimum atomic E-state index is -0.433. The summed E-state index contributed by atoms with van der Waals surface area (Å²) in [6.07, 6.45) is 1.53. The lowest BCUT2D eigenvalue weighted by Crippen LogP contribution is -2.52. The molecule has 1 radical (unpaired) electrons. The molecule has 1 aliphatic rings. The summed E-state index contributed by atoms with van der Waals surface area (Å²) in [4.78, 5) is 26.2. The van der Waals surface area contributed by atoms with Crippen LogP contribution in [0.1, 0.15) is 5.56 Å². The van der Waals surface area contributed by atoms with E-state index >= 15 is 0 Å². The number of primary amides is 1. The summed E-state index contributed by atoms with van der Waals surface area (Å²) >= 11 is 0. The van der Waals surface area contributed by atoms with Gasteiger partial charge in [-0.1, -0.05) is 30.3 Å². The van der Waals surface area contributed by atoms with Crippen LogP contribution in [0.4, 0.5) is 4.79 Å². The maximum absolute atomic E-state index is 11.9. The Morgan fingerprint density at radius 2 is 1.71 bits per heavy atom. The second-order valence-corrected chi connectivity index (χ2v) is 4.86. The number of amides is 3. The molecule has 0 bridgehead atoms. The zero-order chi connectivity index (χ0) is 15.1. The normalized spacial score (nSPS) is 15.0. The molecule has 0 unspecified atom stereocenters. The third-order valence-electron chi connectivity index (χ3n) is 3.39. The third-order valence-corrected chi connectivity index (χ3v) is 3.39. The number of carbonyl (C=O) groups excluding carboxylic acids is 2. The Labute approximate surface area is 124 Å². The average Bonchev–Trinajstić information content (AvgIpc) is 2.52. The standard InChI is InChI=1S/C15H20N3O3/c16-15(20)18-9-7-17(8-10-18)14(19)6-11-21-12-13-4-2-1-3-5-13/h1-6H,7-12H2,(H2,16,20). The monoisotopic (exact) mass is 290 g/mol. The number of piperazine rings is 1. The van der Waals surface area contributed by atoms with Gasteiger partial charge in [0.05, 0.1) is 19.6 Å². The van der Waals surface area contributed by atoms with E-state index in [2.05, 4.69) is 0 Å². The van der Waals surface area contributed by atoms with Gasteiger partial charge in [0.25, 0.3) is 0 Å². The second kappa shape index (κ2) is 7.64. The van der Waals surface area contributed by atoms with Crippen molar-refractivity contribution in [2.45, 2.75) is 6.61 Å². The maximum atomic E-state index is 11.9. The van der Waals surface area contributed by atoms with E-state index in [1.54, 1.807) is 4.90 Å². The molecule has 3 amide bonds. The van der Waals surface area contributed by atoms with Crippen LogP contribution in [0.3, 0.4) is 0 Å². The smallest absolute Gasteiger partial charge is 0.314 e. The van der Waals surface area contributed by atoms with Crippen molar-refractivity contribution < 1.29 is 14.3 Å². The largest absolute Gasteiger partial charge is 0.376 e. The fraction of sp³-hybridized carbons (Fsp3) is 0.400. The number of nitrogens with zero attached hydrogens (tertiary/aromatic N) is 2. The number of ether oxygens (including phenoxy) is 1. The zero-order valence-corrected chi connectivity index (χ0v) is 11.9. The molecule has 1 aromatic rings. The van der Waals surface area contributed by atoms with Crippen LogP contribution in [0, 0.1) is 6.42 Å². The summed E-state index contributed by atoms with van der Waals surface area (Å²) in [5.41, 5.74) is 6.28. The SMILES string of the molecule is NC(=O)N1CCN(C(=O)[CH]COCc2ccccc2)CC1. The van der Waals surface area contributed by atoms with Gasteiger partial charge in [0, 0.05) is 26.2 Å². The molecule has 1 heterocycles. The van der Waals surface area contributed by atoms with E-state index < -0.39 is 6.03 Å². The maximum Gasteiger partial charge on any atom is 0.314 e. The summed E-state index contributed by atoms with van der Waals surface area (Å²) in [6.45, 7) is 2.76. The highest BCUT2D eigenvalue weighted by Gasteiger charge is 2.22. The molecule has 6 heteroatoms. The summed E-state index contributed by atoms with van der Waals surface area (Å²) in [5.74, 6) is -0.0628. The van der Waals surface area contributed by atoms with Crippen LogP contribution >= 0.6 is 0 Å². The van der Waals surface area contributed by atoms with Gasteiger partial charge in [0.1, 0.15) is 0 Å². The van der Waals surface area contributed by atoms with Gasteiger partial charge in [-0.05, 0) is 5.56 Å². The Balaban J connectivity index is 1.63. The topological polar surface area (TPSA) is 75.9 Å². The lowest BCUT2D eigenvalue weighted by molar-refractivity contribution is -0.129. The van der Waals surface area contributed by atoms with Crippen LogP contribution in [0.15, 0.2) is 30.3 Å². The molecule has 1 aliphatic heterocycles. The van der Waals surface area contributed by atoms with Crippen molar-refractivity contribution in [3.63, 3.8) is 0 Å². The third kappa shape index (κ3) is 4.75. The van der Waals surface area contributed by atoms with Crippen molar-refractivity contribution in [1.82, 2.24) is 9.80 Å². The lowest BCUT2D eigenvalue weighted by atomic mass is 10.2. The van der Waals surface area contributed by atoms with Crippen LogP contribution in [0.2, 0.25) is 0 Å². The highest BCUT2D eigenvalue weighted by atomic mass is 16.5. The number of urea groups is 1. The van der Waals surface area contributed by atoms with Crippen LogP contribution < -0.4 is 5.73 Å². The lowest BCUT2D eigenvalue weighted by Gasteiger charge is -2.33. The van der Waals surface area contributed by atoms with E-state index in [9.17, 15) is 9.59 Å². The quantitative estimate of drug-likeness (QED) is 0.808. The predicted octanol–water partition coefficient (Wildman–Crippen LogP) is 0.630. The molecule has 0 atom stereocenters. The van der Waals surface area contributed by atoms with Crippen molar-refractivity contribution in [3.8, 4) is 0 Å². The first kappa shape index (κ1) is 15.3. The molecule has 1 fully saturated rings. The Hall–Kier alpha value is -2.08. The molecule has 2 N–H and O–H groups in total. The van der Waals surface area contributed by atoms with Crippen molar-refractivity contribution >= 4 is 11.9 Å². The number of hydrogen-bond acceptors (Lipinski definition) is 3. The number of carbonyl (C=O) groups is 2. The molecular weight excluding hydrogens is 270 g/mol. The van der Waals surface area contributed by atoms with E-state index in [0.29, 0.717) is 32.8 Å². The highest BCUT2D eigenvalue weighted by Crippen LogP contribution is 2.04. The molecule has 0 aromatic heterocycles. The van der Waals surface area contributed by atoms with Crippen LogP contribution in [-0.4, -0.2) is 54.5 Å². The molecule has 1 aromatic carbocycles. The van der Waals surface area contributed by atoms with Gasteiger partial charge in [0.2, 0.25) is 5.91 Å². The van der Waals surface area contributed by atoms with E-state index in [1.165, 1.54) is 11.3 Å². The number of rotatable bonds is 5. The molecule has 0 spiro atoms. The minimum absolute atomic E-state index is 0.0628. The number of benzene rings is 1. The zero-order valence-electron chi connectivity index (χ0n) is 11.9. The van der Waals surface area contributed by atoms with E-state index in [0.717, 1.165) is 5.56 Å². The first-order valence-electron chi connectivity index (χ1n) is 6.95. The highest BCUT2D eigenvalue weighted by molar-refractivity contribution is 5.85. The Morgan fingerprint density at radius 1 is 1.10 bits per heavy atom. The number of nitrogens with two attached hydrogens (primary N) is 1. The van der Waals surface area contributed by atoms with Crippen molar-refractivity contribution in [2.75, 3.05) is 32.8 Å². The molecule has 2 rings (SSSR count). The summed E-state index contributed by atoms with van der Waals surface area (Å²) in [7, 11) is 0. The van der Waals surface area contributed by atoms with E-state index in [4.69, 9.17) is 10.5 Å². The van der Waals surface area contributed by atoms with Gasteiger partial charge in [-0.15, -0.1) is 0 Å². The number of hydrogen-bond donors (Lipinski definition) is 1. The van der Waals surface area contributed by atoms with E-state index in [-0.39, 0.29) is 12.5 Å². The summed E-state index contributed by atoms with van der Waals surface area (Å²) in [6, 6.07) is 9.37. The molecular formula is C15H20N3O3. The van der Waals surface area contributed by atoms with Gasteiger partial charge in [-0.2, -0.15) is 0 Å². The second-order valence-electron chi connectivity index (χ2n) is 4.86. The van der Waals surface area contributed by atoms with Gasteiger partial charge in [-0.25, -0.2) is 4.79 Å². The molecule has 1 saturated heterocycles. The Morgan fingerprint density at radius 3 is 2.33 bits per heavy atom. The van der Waals surface area contributed by atoms with Crippen molar-refractivity contribution in [2.24, 2.45) is 5.73 Å². The Kier molecular flexibility index (Phi) is 5.57. The van der Waals surface area contributed by atoms with Crippen LogP contribution in [0.5, 0.6) is 0 Å². The molecule has 113 valence electrons. The fourth-order valence-electron chi connectivity index (χ4n) is 2.16. The van der Waals surface area contributed by atoms with E-state index in [1.807, 2.05) is 30.3 Å². The molecule has 0 aliphatic carbocycles. The van der Waals surface area contributed by atoms with Gasteiger partial charge < -0.3 is 20.3 Å². The van der Waals surface area contributed by atoms with Crippen LogP contribution in [0.25, 0.3) is 0 Å². The molecule has 21 heavy (non-hydrogen) atoms. The van der Waals surface area contributed by atoms with Gasteiger partial charge >= 0.3 is 6.03 Å². The van der Waals surface area contributed by atoms with Gasteiger partial charge in [0.15, 0.2) is 0 Å². The molecule has 6 nitrogen and oxygen atoms in total. The fourth-order valence-corrected chi connectivity index (χ4v) is 2.16. The first-order chi connectivity index (χ1) is 10.2. The van der Waals surface area contributed by atoms with Crippen molar-refractivity contribution in [3.05, 3.63) is 42.3 Å². The average molecular weight is 290 g/mol. The first-order valence-corrected chi connectivity index (χ1v) is 6.95. The molecule has 0 saturated carbocycles. The van der Waals surface area contributed by atoms with Crippen LogP contribution in [-0.2, 0) is 16.1 Å².